The molecule has 8 nitrogen and oxygen atoms in total. The predicted octanol–water partition coefficient (Wildman–Crippen LogP) is 0.765. The molecule has 0 aliphatic rings. The van der Waals surface area contributed by atoms with Crippen LogP contribution in [0.5, 0.6) is 0 Å². The predicted molar refractivity (Wildman–Crippen MR) is 121 cm³/mol. The minimum absolute atomic E-state index is 0.721. The Morgan fingerprint density at radius 1 is 0.743 bits per heavy atom. The lowest BCUT2D eigenvalue weighted by Gasteiger charge is -2.17. The smallest absolute Gasteiger partial charge is 0.225 e. The van der Waals surface area contributed by atoms with Gasteiger partial charge in [0, 0.05) is 23.4 Å². The average molecular weight is 509 g/mol. The molecule has 0 aliphatic carbocycles. The van der Waals surface area contributed by atoms with E-state index in [2.05, 4.69) is 43.4 Å². The molecule has 2 aromatic carbocycles. The van der Waals surface area contributed by atoms with Crippen LogP contribution in [0.4, 0.5) is 0 Å². The molecule has 3 aromatic heterocycles. The summed E-state index contributed by atoms with van der Waals surface area (Å²) in [6.07, 6.45) is 7.78. The molecule has 0 saturated carbocycles. The Bertz CT molecular complexity index is 1350. The molecule has 0 amide bonds. The third kappa shape index (κ3) is 6.28. The van der Waals surface area contributed by atoms with Gasteiger partial charge in [0.15, 0.2) is 5.82 Å². The number of rotatable bonds is 4. The summed E-state index contributed by atoms with van der Waals surface area (Å²) in [7, 11) is -4.94. The fourth-order valence-electron chi connectivity index (χ4n) is 3.54. The lowest BCUT2D eigenvalue weighted by Crippen LogP contribution is -2.68. The molecule has 0 fully saturated rings. The molecule has 3 heterocycles. The Kier molecular flexibility index (Phi) is 7.52. The number of hydrogen-bond donors (Lipinski definition) is 0. The van der Waals surface area contributed by atoms with Crippen LogP contribution in [-0.4, -0.2) is 14.5 Å². The quantitative estimate of drug-likeness (QED) is 0.330. The number of hydrogen-bond acceptors (Lipinski definition) is 6. The summed E-state index contributed by atoms with van der Waals surface area (Å²) in [5.74, 6) is 2.64. The minimum Gasteiger partial charge on any atom is -0.225 e. The van der Waals surface area contributed by atoms with Gasteiger partial charge in [0.25, 0.3) is 5.82 Å². The van der Waals surface area contributed by atoms with E-state index in [1.165, 1.54) is 0 Å². The van der Waals surface area contributed by atoms with Crippen LogP contribution in [0.15, 0.2) is 97.3 Å². The zero-order valence-corrected chi connectivity index (χ0v) is 19.6. The summed E-state index contributed by atoms with van der Waals surface area (Å²) < 4.78 is 38.3. The number of fused-ring (bicyclic) bond motifs is 1. The van der Waals surface area contributed by atoms with E-state index in [1.807, 2.05) is 85.2 Å². The molecule has 0 saturated heterocycles. The molecule has 0 atom stereocenters. The van der Waals surface area contributed by atoms with Gasteiger partial charge in [-0.3, -0.25) is 0 Å². The summed E-state index contributed by atoms with van der Waals surface area (Å²) in [5, 5.41) is 0.721. The number of nitrogens with zero attached hydrogens (tertiary/aromatic N) is 4. The highest BCUT2D eigenvalue weighted by Crippen LogP contribution is 2.22. The van der Waals surface area contributed by atoms with Gasteiger partial charge in [-0.05, 0) is 54.1 Å². The summed E-state index contributed by atoms with van der Waals surface area (Å²) in [5.41, 5.74) is 3.17. The van der Waals surface area contributed by atoms with E-state index in [1.54, 1.807) is 0 Å². The van der Waals surface area contributed by atoms with Gasteiger partial charge in [-0.15, -0.1) is 15.2 Å². The molecule has 10 heteroatoms. The van der Waals surface area contributed by atoms with E-state index in [9.17, 15) is 0 Å². The fourth-order valence-corrected chi connectivity index (χ4v) is 3.66. The van der Waals surface area contributed by atoms with Crippen molar-refractivity contribution in [3.05, 3.63) is 114 Å². The number of benzene rings is 2. The van der Waals surface area contributed by atoms with Crippen LogP contribution in [-0.2, 0) is 0 Å². The first kappa shape index (κ1) is 24.5. The lowest BCUT2D eigenvalue weighted by molar-refractivity contribution is -2.00. The molecule has 0 unspecified atom stereocenters. The van der Waals surface area contributed by atoms with Crippen molar-refractivity contribution in [2.45, 2.75) is 0 Å². The van der Waals surface area contributed by atoms with Crippen molar-refractivity contribution < 1.29 is 33.4 Å². The highest BCUT2D eigenvalue weighted by molar-refractivity contribution is 6.30. The lowest BCUT2D eigenvalue weighted by atomic mass is 10.2. The topological polar surface area (TPSA) is 127 Å². The van der Waals surface area contributed by atoms with Crippen LogP contribution >= 0.6 is 11.6 Å². The van der Waals surface area contributed by atoms with Crippen LogP contribution in [0.2, 0.25) is 5.02 Å². The Balaban J connectivity index is 0.000000527. The van der Waals surface area contributed by atoms with Crippen molar-refractivity contribution in [1.29, 1.82) is 0 Å². The summed E-state index contributed by atoms with van der Waals surface area (Å²) in [6, 6.07) is 27.9. The molecular formula is C25H18Cl2N4O4. The Morgan fingerprint density at radius 3 is 2.00 bits per heavy atom. The zero-order chi connectivity index (χ0) is 24.8. The van der Waals surface area contributed by atoms with Crippen LogP contribution < -0.4 is 23.2 Å². The molecule has 0 radical (unpaired) electrons. The normalized spacial score (nSPS) is 11.5. The van der Waals surface area contributed by atoms with Crippen LogP contribution in [0.3, 0.4) is 0 Å². The van der Waals surface area contributed by atoms with E-state index >= 15 is 0 Å². The van der Waals surface area contributed by atoms with E-state index < -0.39 is 10.2 Å². The van der Waals surface area contributed by atoms with Gasteiger partial charge in [-0.25, -0.2) is 28.2 Å². The Labute approximate surface area is 208 Å². The highest BCUT2D eigenvalue weighted by atomic mass is 35.7. The summed E-state index contributed by atoms with van der Waals surface area (Å²) >= 11 is 6.04. The first-order valence-electron chi connectivity index (χ1n) is 10.2. The Morgan fingerprint density at radius 2 is 1.37 bits per heavy atom. The molecule has 35 heavy (non-hydrogen) atoms. The molecule has 0 bridgehead atoms. The van der Waals surface area contributed by atoms with Gasteiger partial charge in [0.1, 0.15) is 17.2 Å². The largest absolute Gasteiger partial charge is 0.267 e. The maximum Gasteiger partial charge on any atom is 0.267 e. The van der Waals surface area contributed by atoms with Gasteiger partial charge in [0.2, 0.25) is 5.82 Å². The summed E-state index contributed by atoms with van der Waals surface area (Å²) in [6.45, 7) is 0. The number of halogens is 2. The highest BCUT2D eigenvalue weighted by Gasteiger charge is 2.24. The number of imidazole rings is 1. The molecule has 0 N–H and O–H groups in total. The molecule has 5 aromatic rings. The van der Waals surface area contributed by atoms with Crippen LogP contribution in [0.1, 0.15) is 11.4 Å². The zero-order valence-electron chi connectivity index (χ0n) is 18.1. The number of para-hydroxylation sites is 2. The third-order valence-corrected chi connectivity index (χ3v) is 5.13. The van der Waals surface area contributed by atoms with Crippen LogP contribution in [0.25, 0.3) is 34.8 Å². The van der Waals surface area contributed by atoms with Crippen molar-refractivity contribution in [2.75, 3.05) is 0 Å². The second kappa shape index (κ2) is 10.7. The van der Waals surface area contributed by atoms with Gasteiger partial charge in [-0.1, -0.05) is 48.0 Å². The van der Waals surface area contributed by atoms with Crippen molar-refractivity contribution >= 4 is 34.8 Å². The third-order valence-electron chi connectivity index (χ3n) is 4.87. The monoisotopic (exact) mass is 508 g/mol. The van der Waals surface area contributed by atoms with Gasteiger partial charge in [-0.2, -0.15) is 4.57 Å². The van der Waals surface area contributed by atoms with Gasteiger partial charge < -0.3 is 0 Å². The van der Waals surface area contributed by atoms with Crippen LogP contribution in [0, 0.1) is 10.2 Å². The molecule has 0 aliphatic heterocycles. The van der Waals surface area contributed by atoms with E-state index in [4.69, 9.17) is 30.2 Å². The van der Waals surface area contributed by atoms with Crippen molar-refractivity contribution in [3.63, 3.8) is 0 Å². The number of pyridine rings is 2. The van der Waals surface area contributed by atoms with Crippen molar-refractivity contribution in [3.8, 4) is 11.6 Å². The van der Waals surface area contributed by atoms with Gasteiger partial charge >= 0.3 is 0 Å². The average Bonchev–Trinajstić information content (AvgIpc) is 3.18. The number of aromatic nitrogens is 4. The standard InChI is InChI=1S/C25H18ClN4.ClHO4/c26-20-14-11-19(12-15-20)13-16-25-29(23-9-3-5-17-27-23)21-7-1-2-8-22(21)30(25)24-10-4-6-18-28-24;2-1(3,4)5/h1-18H;(H,2,3,4,5)/q+1;/p-1/b16-13+;. The minimum atomic E-state index is -4.94. The van der Waals surface area contributed by atoms with E-state index in [-0.39, 0.29) is 0 Å². The molecule has 176 valence electrons. The maximum absolute atomic E-state index is 8.49. The molecular weight excluding hydrogens is 491 g/mol. The van der Waals surface area contributed by atoms with E-state index in [0.29, 0.717) is 0 Å². The maximum atomic E-state index is 8.49. The summed E-state index contributed by atoms with van der Waals surface area (Å²) in [4.78, 5) is 9.22. The second-order valence-electron chi connectivity index (χ2n) is 7.16. The molecule has 5 rings (SSSR count). The fraction of sp³-hybridized carbons (Fsp3) is 0. The van der Waals surface area contributed by atoms with Crippen molar-refractivity contribution in [2.24, 2.45) is 0 Å². The van der Waals surface area contributed by atoms with E-state index in [0.717, 1.165) is 39.1 Å². The Hall–Kier alpha value is -3.63. The molecule has 0 spiro atoms. The second-order valence-corrected chi connectivity index (χ2v) is 8.35. The first-order valence-corrected chi connectivity index (χ1v) is 11.9. The first-order chi connectivity index (χ1) is 16.8. The SMILES string of the molecule is Clc1ccc(/C=C/c2n(-c3ccccn3)c3ccccc3[n+]2-c2ccccn2)cc1.[O-][Cl+3]([O-])([O-])[O-]. The van der Waals surface area contributed by atoms with Gasteiger partial charge in [0.05, 0.1) is 0 Å². The van der Waals surface area contributed by atoms with Crippen molar-refractivity contribution in [1.82, 2.24) is 14.5 Å².